The zero-order chi connectivity index (χ0) is 19.3. The molecule has 2 rings (SSSR count). The van der Waals surface area contributed by atoms with Gasteiger partial charge in [-0.2, -0.15) is 0 Å². The smallest absolute Gasteiger partial charge is 0.410 e. The lowest BCUT2D eigenvalue weighted by atomic mass is 10.1. The first kappa shape index (κ1) is 19.8. The second-order valence-corrected chi connectivity index (χ2v) is 7.26. The van der Waals surface area contributed by atoms with E-state index in [1.165, 1.54) is 4.90 Å². The predicted octanol–water partition coefficient (Wildman–Crippen LogP) is 2.77. The highest BCUT2D eigenvalue weighted by molar-refractivity contribution is 5.99. The molecule has 1 aromatic carbocycles. The third kappa shape index (κ3) is 5.21. The van der Waals surface area contributed by atoms with E-state index >= 15 is 0 Å². The molecule has 0 spiro atoms. The summed E-state index contributed by atoms with van der Waals surface area (Å²) < 4.78 is 5.38. The van der Waals surface area contributed by atoms with Crippen LogP contribution < -0.4 is 10.6 Å². The average molecular weight is 361 g/mol. The van der Waals surface area contributed by atoms with E-state index in [-0.39, 0.29) is 11.8 Å². The number of likely N-dealkylation sites (tertiary alicyclic amines) is 1. The molecule has 7 nitrogen and oxygen atoms in total. The van der Waals surface area contributed by atoms with Gasteiger partial charge in [-0.1, -0.05) is 6.07 Å². The highest BCUT2D eigenvalue weighted by Crippen LogP contribution is 2.22. The van der Waals surface area contributed by atoms with Crippen molar-refractivity contribution in [1.82, 2.24) is 10.2 Å². The maximum absolute atomic E-state index is 12.6. The van der Waals surface area contributed by atoms with Crippen LogP contribution in [0, 0.1) is 0 Å². The predicted molar refractivity (Wildman–Crippen MR) is 99.0 cm³/mol. The molecule has 3 amide bonds. The van der Waals surface area contributed by atoms with Crippen molar-refractivity contribution in [2.45, 2.75) is 52.2 Å². The minimum atomic E-state index is -0.609. The maximum atomic E-state index is 12.6. The molecule has 0 saturated carbocycles. The minimum Gasteiger partial charge on any atom is -0.444 e. The average Bonchev–Trinajstić information content (AvgIpc) is 3.03. The fourth-order valence-electron chi connectivity index (χ4n) is 2.80. The lowest BCUT2D eigenvalue weighted by molar-refractivity contribution is -0.120. The van der Waals surface area contributed by atoms with Crippen molar-refractivity contribution in [3.63, 3.8) is 0 Å². The minimum absolute atomic E-state index is 0.195. The molecule has 0 bridgehead atoms. The molecule has 142 valence electrons. The SMILES string of the molecule is CCNC(=O)c1cccc(NC(=O)[C@@H]2CCCN2C(=O)OC(C)(C)C)c1. The Labute approximate surface area is 154 Å². The van der Waals surface area contributed by atoms with Gasteiger partial charge in [0.2, 0.25) is 5.91 Å². The highest BCUT2D eigenvalue weighted by atomic mass is 16.6. The number of nitrogens with one attached hydrogen (secondary N) is 2. The normalized spacial score (nSPS) is 16.9. The molecule has 1 heterocycles. The number of ether oxygens (including phenoxy) is 1. The number of rotatable bonds is 4. The molecular weight excluding hydrogens is 334 g/mol. The Balaban J connectivity index is 2.06. The Morgan fingerprint density at radius 3 is 2.65 bits per heavy atom. The van der Waals surface area contributed by atoms with Crippen LogP contribution in [-0.4, -0.2) is 47.5 Å². The van der Waals surface area contributed by atoms with Gasteiger partial charge in [0.15, 0.2) is 0 Å². The van der Waals surface area contributed by atoms with Gasteiger partial charge in [-0.05, 0) is 58.7 Å². The zero-order valence-corrected chi connectivity index (χ0v) is 15.8. The first-order valence-electron chi connectivity index (χ1n) is 8.90. The van der Waals surface area contributed by atoms with Crippen LogP contribution in [0.3, 0.4) is 0 Å². The summed E-state index contributed by atoms with van der Waals surface area (Å²) in [6, 6.07) is 6.16. The standard InChI is InChI=1S/C19H27N3O4/c1-5-20-16(23)13-8-6-9-14(12-13)21-17(24)15-10-7-11-22(15)18(25)26-19(2,3)4/h6,8-9,12,15H,5,7,10-11H2,1-4H3,(H,20,23)(H,21,24)/t15-/m0/s1. The summed E-state index contributed by atoms with van der Waals surface area (Å²) in [4.78, 5) is 38.3. The summed E-state index contributed by atoms with van der Waals surface area (Å²) in [5, 5.41) is 5.52. The summed E-state index contributed by atoms with van der Waals surface area (Å²) in [7, 11) is 0. The van der Waals surface area contributed by atoms with Crippen LogP contribution in [0.5, 0.6) is 0 Å². The van der Waals surface area contributed by atoms with E-state index in [9.17, 15) is 14.4 Å². The molecule has 1 saturated heterocycles. The third-order valence-electron chi connectivity index (χ3n) is 3.91. The first-order valence-corrected chi connectivity index (χ1v) is 8.90. The van der Waals surface area contributed by atoms with Crippen molar-refractivity contribution in [1.29, 1.82) is 0 Å². The van der Waals surface area contributed by atoms with Crippen molar-refractivity contribution in [3.05, 3.63) is 29.8 Å². The summed E-state index contributed by atoms with van der Waals surface area (Å²) in [6.07, 6.45) is 0.850. The quantitative estimate of drug-likeness (QED) is 0.863. The highest BCUT2D eigenvalue weighted by Gasteiger charge is 2.36. The molecule has 0 aliphatic carbocycles. The van der Waals surface area contributed by atoms with Crippen molar-refractivity contribution in [2.24, 2.45) is 0 Å². The van der Waals surface area contributed by atoms with Crippen LogP contribution in [0.15, 0.2) is 24.3 Å². The Hall–Kier alpha value is -2.57. The Morgan fingerprint density at radius 2 is 2.00 bits per heavy atom. The molecule has 0 unspecified atom stereocenters. The molecule has 1 aliphatic rings. The number of carbonyl (C=O) groups excluding carboxylic acids is 3. The molecule has 1 aromatic rings. The lowest BCUT2D eigenvalue weighted by Gasteiger charge is -2.28. The van der Waals surface area contributed by atoms with Crippen LogP contribution in [0.1, 0.15) is 50.9 Å². The second kappa shape index (κ2) is 8.21. The molecule has 1 aliphatic heterocycles. The van der Waals surface area contributed by atoms with E-state index in [2.05, 4.69) is 10.6 Å². The largest absolute Gasteiger partial charge is 0.444 e. The number of carbonyl (C=O) groups is 3. The van der Waals surface area contributed by atoms with E-state index in [1.807, 2.05) is 6.92 Å². The maximum Gasteiger partial charge on any atom is 0.410 e. The van der Waals surface area contributed by atoms with Crippen LogP contribution in [0.2, 0.25) is 0 Å². The van der Waals surface area contributed by atoms with Crippen molar-refractivity contribution < 1.29 is 19.1 Å². The van der Waals surface area contributed by atoms with Gasteiger partial charge in [0.1, 0.15) is 11.6 Å². The van der Waals surface area contributed by atoms with Gasteiger partial charge < -0.3 is 15.4 Å². The van der Waals surface area contributed by atoms with Crippen molar-refractivity contribution in [3.8, 4) is 0 Å². The van der Waals surface area contributed by atoms with Crippen LogP contribution in [0.25, 0.3) is 0 Å². The summed E-state index contributed by atoms with van der Waals surface area (Å²) in [5.74, 6) is -0.471. The van der Waals surface area contributed by atoms with Gasteiger partial charge >= 0.3 is 6.09 Å². The topological polar surface area (TPSA) is 87.7 Å². The summed E-state index contributed by atoms with van der Waals surface area (Å²) >= 11 is 0. The number of benzene rings is 1. The monoisotopic (exact) mass is 361 g/mol. The van der Waals surface area contributed by atoms with E-state index in [0.717, 1.165) is 6.42 Å². The van der Waals surface area contributed by atoms with E-state index in [0.29, 0.717) is 30.8 Å². The third-order valence-corrected chi connectivity index (χ3v) is 3.91. The van der Waals surface area contributed by atoms with Crippen molar-refractivity contribution >= 4 is 23.6 Å². The molecule has 0 radical (unpaired) electrons. The van der Waals surface area contributed by atoms with Crippen LogP contribution in [-0.2, 0) is 9.53 Å². The Morgan fingerprint density at radius 1 is 1.27 bits per heavy atom. The van der Waals surface area contributed by atoms with Gasteiger partial charge in [0.25, 0.3) is 5.91 Å². The molecule has 2 N–H and O–H groups in total. The molecule has 1 atom stereocenters. The van der Waals surface area contributed by atoms with Gasteiger partial charge in [0, 0.05) is 24.3 Å². The van der Waals surface area contributed by atoms with Gasteiger partial charge in [0.05, 0.1) is 0 Å². The van der Waals surface area contributed by atoms with Crippen molar-refractivity contribution in [2.75, 3.05) is 18.4 Å². The fraction of sp³-hybridized carbons (Fsp3) is 0.526. The van der Waals surface area contributed by atoms with E-state index in [1.54, 1.807) is 45.0 Å². The Kier molecular flexibility index (Phi) is 6.23. The zero-order valence-electron chi connectivity index (χ0n) is 15.8. The molecule has 26 heavy (non-hydrogen) atoms. The van der Waals surface area contributed by atoms with Gasteiger partial charge in [-0.25, -0.2) is 4.79 Å². The molecule has 1 fully saturated rings. The van der Waals surface area contributed by atoms with E-state index in [4.69, 9.17) is 4.74 Å². The van der Waals surface area contributed by atoms with Crippen LogP contribution in [0.4, 0.5) is 10.5 Å². The second-order valence-electron chi connectivity index (χ2n) is 7.26. The number of anilines is 1. The number of hydrogen-bond acceptors (Lipinski definition) is 4. The number of nitrogens with zero attached hydrogens (tertiary/aromatic N) is 1. The summed E-state index contributed by atoms with van der Waals surface area (Å²) in [5.41, 5.74) is 0.386. The molecular formula is C19H27N3O4. The van der Waals surface area contributed by atoms with Crippen LogP contribution >= 0.6 is 0 Å². The number of hydrogen-bond donors (Lipinski definition) is 2. The molecule has 0 aromatic heterocycles. The summed E-state index contributed by atoms with van der Waals surface area (Å²) in [6.45, 7) is 8.25. The number of amides is 3. The Bertz CT molecular complexity index is 682. The van der Waals surface area contributed by atoms with Gasteiger partial charge in [-0.3, -0.25) is 14.5 Å². The molecule has 7 heteroatoms. The van der Waals surface area contributed by atoms with E-state index < -0.39 is 17.7 Å². The fourth-order valence-corrected chi connectivity index (χ4v) is 2.80. The first-order chi connectivity index (χ1) is 12.2. The lowest BCUT2D eigenvalue weighted by Crippen LogP contribution is -2.45. The van der Waals surface area contributed by atoms with Gasteiger partial charge in [-0.15, -0.1) is 0 Å².